The molecule has 170 valence electrons. The van der Waals surface area contributed by atoms with E-state index in [1.807, 2.05) is 0 Å². The molecule has 1 fully saturated rings. The third-order valence-electron chi connectivity index (χ3n) is 5.89. The molecule has 0 unspecified atom stereocenters. The first-order valence-electron chi connectivity index (χ1n) is 10.4. The van der Waals surface area contributed by atoms with E-state index in [9.17, 15) is 29.3 Å². The van der Waals surface area contributed by atoms with Gasteiger partial charge in [0, 0.05) is 17.7 Å². The first-order chi connectivity index (χ1) is 15.8. The average molecular weight is 471 g/mol. The number of rotatable bonds is 6. The summed E-state index contributed by atoms with van der Waals surface area (Å²) < 4.78 is 5.04. The van der Waals surface area contributed by atoms with E-state index in [0.717, 1.165) is 38.2 Å². The number of amides is 2. The number of benzene rings is 2. The third kappa shape index (κ3) is 4.36. The number of hydrogen-bond acceptors (Lipinski definition) is 7. The van der Waals surface area contributed by atoms with Crippen LogP contribution >= 0.6 is 11.6 Å². The van der Waals surface area contributed by atoms with Crippen LogP contribution in [0, 0.1) is 10.1 Å². The number of nitrogens with zero attached hydrogens (tertiary/aromatic N) is 2. The zero-order valence-electron chi connectivity index (χ0n) is 17.4. The van der Waals surface area contributed by atoms with Crippen molar-refractivity contribution in [3.8, 4) is 0 Å². The first kappa shape index (κ1) is 22.6. The molecule has 0 aromatic heterocycles. The Kier molecular flexibility index (Phi) is 6.24. The number of carbonyl (C=O) groups excluding carboxylic acids is 4. The number of ether oxygens (including phenoxy) is 1. The Morgan fingerprint density at radius 2 is 1.67 bits per heavy atom. The van der Waals surface area contributed by atoms with Gasteiger partial charge in [-0.2, -0.15) is 0 Å². The summed E-state index contributed by atoms with van der Waals surface area (Å²) in [5.41, 5.74) is -0.0588. The highest BCUT2D eigenvalue weighted by Crippen LogP contribution is 2.31. The summed E-state index contributed by atoms with van der Waals surface area (Å²) >= 11 is 5.74. The molecule has 0 spiro atoms. The molecule has 33 heavy (non-hydrogen) atoms. The second-order valence-electron chi connectivity index (χ2n) is 7.96. The van der Waals surface area contributed by atoms with Crippen molar-refractivity contribution in [1.29, 1.82) is 0 Å². The number of ketones is 1. The van der Waals surface area contributed by atoms with Crippen molar-refractivity contribution < 1.29 is 28.8 Å². The molecule has 0 N–H and O–H groups in total. The average Bonchev–Trinajstić information content (AvgIpc) is 3.07. The molecular formula is C23H19ClN2O7. The number of hydrogen-bond donors (Lipinski definition) is 0. The number of nitro groups is 1. The standard InChI is InChI=1S/C23H19ClN2O7/c24-18-9-7-13(11-19(18)26(31)32)20(27)12-33-23(30)14-6-8-16-17(10-14)22(29)25(21(16)28)15-4-2-1-3-5-15/h6-11,15H,1-5,12H2. The Hall–Kier alpha value is -3.59. The molecule has 1 heterocycles. The summed E-state index contributed by atoms with van der Waals surface area (Å²) in [5.74, 6) is -2.30. The Bertz CT molecular complexity index is 1190. The van der Waals surface area contributed by atoms with Gasteiger partial charge in [-0.05, 0) is 43.2 Å². The number of halogens is 1. The van der Waals surface area contributed by atoms with Gasteiger partial charge in [-0.25, -0.2) is 4.79 Å². The molecule has 2 amide bonds. The van der Waals surface area contributed by atoms with Crippen LogP contribution in [0.15, 0.2) is 36.4 Å². The van der Waals surface area contributed by atoms with Crippen molar-refractivity contribution in [2.24, 2.45) is 0 Å². The van der Waals surface area contributed by atoms with Crippen LogP contribution in [0.3, 0.4) is 0 Å². The fraction of sp³-hybridized carbons (Fsp3) is 0.304. The third-order valence-corrected chi connectivity index (χ3v) is 6.21. The lowest BCUT2D eigenvalue weighted by Crippen LogP contribution is -2.40. The van der Waals surface area contributed by atoms with Crippen LogP contribution in [0.2, 0.25) is 5.02 Å². The number of fused-ring (bicyclic) bond motifs is 1. The van der Waals surface area contributed by atoms with Crippen LogP contribution < -0.4 is 0 Å². The van der Waals surface area contributed by atoms with E-state index < -0.39 is 34.9 Å². The largest absolute Gasteiger partial charge is 0.454 e. The summed E-state index contributed by atoms with van der Waals surface area (Å²) in [5, 5.41) is 10.9. The molecule has 4 rings (SSSR count). The summed E-state index contributed by atoms with van der Waals surface area (Å²) in [6.45, 7) is -0.657. The highest BCUT2D eigenvalue weighted by molar-refractivity contribution is 6.32. The lowest BCUT2D eigenvalue weighted by Gasteiger charge is -2.29. The first-order valence-corrected chi connectivity index (χ1v) is 10.8. The van der Waals surface area contributed by atoms with Gasteiger partial charge in [0.15, 0.2) is 6.61 Å². The maximum absolute atomic E-state index is 12.9. The van der Waals surface area contributed by atoms with Crippen molar-refractivity contribution in [3.63, 3.8) is 0 Å². The van der Waals surface area contributed by atoms with Crippen LogP contribution in [0.25, 0.3) is 0 Å². The van der Waals surface area contributed by atoms with E-state index in [-0.39, 0.29) is 39.2 Å². The smallest absolute Gasteiger partial charge is 0.338 e. The normalized spacial score (nSPS) is 16.0. The van der Waals surface area contributed by atoms with Crippen molar-refractivity contribution in [2.75, 3.05) is 6.61 Å². The second-order valence-corrected chi connectivity index (χ2v) is 8.36. The topological polar surface area (TPSA) is 124 Å². The fourth-order valence-electron chi connectivity index (χ4n) is 4.18. The Morgan fingerprint density at radius 1 is 1.00 bits per heavy atom. The van der Waals surface area contributed by atoms with Crippen molar-refractivity contribution in [3.05, 3.63) is 73.8 Å². The zero-order chi connectivity index (χ0) is 23.7. The number of imide groups is 1. The van der Waals surface area contributed by atoms with Crippen molar-refractivity contribution in [1.82, 2.24) is 4.90 Å². The highest BCUT2D eigenvalue weighted by atomic mass is 35.5. The van der Waals surface area contributed by atoms with Gasteiger partial charge < -0.3 is 4.74 Å². The van der Waals surface area contributed by atoms with Crippen LogP contribution in [0.1, 0.15) is 73.5 Å². The highest BCUT2D eigenvalue weighted by Gasteiger charge is 2.40. The van der Waals surface area contributed by atoms with Crippen LogP contribution in [0.5, 0.6) is 0 Å². The molecule has 0 radical (unpaired) electrons. The summed E-state index contributed by atoms with van der Waals surface area (Å²) in [6, 6.07) is 7.48. The molecule has 2 aliphatic rings. The molecule has 2 aromatic rings. The molecule has 0 saturated heterocycles. The lowest BCUT2D eigenvalue weighted by molar-refractivity contribution is -0.384. The lowest BCUT2D eigenvalue weighted by atomic mass is 9.94. The van der Waals surface area contributed by atoms with E-state index in [1.165, 1.54) is 35.2 Å². The van der Waals surface area contributed by atoms with E-state index in [2.05, 4.69) is 0 Å². The number of carbonyl (C=O) groups is 4. The monoisotopic (exact) mass is 470 g/mol. The second kappa shape index (κ2) is 9.11. The summed E-state index contributed by atoms with van der Waals surface area (Å²) in [7, 11) is 0. The van der Waals surface area contributed by atoms with Gasteiger partial charge >= 0.3 is 5.97 Å². The molecule has 1 aliphatic heterocycles. The van der Waals surface area contributed by atoms with Crippen molar-refractivity contribution >= 4 is 40.9 Å². The van der Waals surface area contributed by atoms with Crippen molar-refractivity contribution in [2.45, 2.75) is 38.1 Å². The van der Waals surface area contributed by atoms with E-state index in [1.54, 1.807) is 0 Å². The van der Waals surface area contributed by atoms with Crippen LogP contribution in [-0.2, 0) is 4.74 Å². The zero-order valence-corrected chi connectivity index (χ0v) is 18.2. The SMILES string of the molecule is O=C(COC(=O)c1ccc2c(c1)C(=O)N(C1CCCCC1)C2=O)c1ccc(Cl)c([N+](=O)[O-])c1. The minimum absolute atomic E-state index is 0.0234. The molecular weight excluding hydrogens is 452 g/mol. The minimum Gasteiger partial charge on any atom is -0.454 e. The van der Waals surface area contributed by atoms with Gasteiger partial charge in [-0.3, -0.25) is 29.4 Å². The maximum atomic E-state index is 12.9. The predicted octanol–water partition coefficient (Wildman–Crippen LogP) is 4.22. The van der Waals surface area contributed by atoms with Gasteiger partial charge in [-0.1, -0.05) is 30.9 Å². The number of nitro benzene ring substituents is 1. The fourth-order valence-corrected chi connectivity index (χ4v) is 4.37. The van der Waals surface area contributed by atoms with Gasteiger partial charge in [0.05, 0.1) is 21.6 Å². The van der Waals surface area contributed by atoms with E-state index in [4.69, 9.17) is 16.3 Å². The molecule has 1 aliphatic carbocycles. The quantitative estimate of drug-likeness (QED) is 0.203. The Labute approximate surface area is 193 Å². The predicted molar refractivity (Wildman–Crippen MR) is 117 cm³/mol. The van der Waals surface area contributed by atoms with Crippen LogP contribution in [-0.4, -0.2) is 46.0 Å². The molecule has 9 nitrogen and oxygen atoms in total. The van der Waals surface area contributed by atoms with Gasteiger partial charge in [0.1, 0.15) is 5.02 Å². The van der Waals surface area contributed by atoms with E-state index >= 15 is 0 Å². The number of Topliss-reactive ketones (excluding diaryl/α,β-unsaturated/α-hetero) is 1. The molecule has 2 aromatic carbocycles. The van der Waals surface area contributed by atoms with Gasteiger partial charge in [0.25, 0.3) is 17.5 Å². The van der Waals surface area contributed by atoms with Gasteiger partial charge in [-0.15, -0.1) is 0 Å². The maximum Gasteiger partial charge on any atom is 0.338 e. The van der Waals surface area contributed by atoms with Crippen LogP contribution in [0.4, 0.5) is 5.69 Å². The molecule has 0 atom stereocenters. The minimum atomic E-state index is -0.856. The molecule has 0 bridgehead atoms. The van der Waals surface area contributed by atoms with Gasteiger partial charge in [0.2, 0.25) is 5.78 Å². The Balaban J connectivity index is 1.45. The van der Waals surface area contributed by atoms with E-state index in [0.29, 0.717) is 0 Å². The summed E-state index contributed by atoms with van der Waals surface area (Å²) in [4.78, 5) is 62.0. The number of esters is 1. The summed E-state index contributed by atoms with van der Waals surface area (Å²) in [6.07, 6.45) is 4.54. The molecule has 10 heteroatoms. The Morgan fingerprint density at radius 3 is 2.36 bits per heavy atom. The molecule has 1 saturated carbocycles.